The Labute approximate surface area is 108 Å². The molecule has 17 heavy (non-hydrogen) atoms. The zero-order valence-corrected chi connectivity index (χ0v) is 12.2. The quantitative estimate of drug-likeness (QED) is 0.651. The Morgan fingerprint density at radius 3 is 2.06 bits per heavy atom. The van der Waals surface area contributed by atoms with Crippen LogP contribution in [0.5, 0.6) is 0 Å². The second kappa shape index (κ2) is 5.27. The lowest BCUT2D eigenvalue weighted by Crippen LogP contribution is -2.66. The Kier molecular flexibility index (Phi) is 4.14. The van der Waals surface area contributed by atoms with E-state index in [2.05, 4.69) is 20.8 Å². The van der Waals surface area contributed by atoms with E-state index in [1.54, 1.807) is 0 Å². The summed E-state index contributed by atoms with van der Waals surface area (Å²) in [5, 5.41) is 0. The van der Waals surface area contributed by atoms with Crippen LogP contribution in [0.15, 0.2) is 0 Å². The van der Waals surface area contributed by atoms with Gasteiger partial charge in [-0.15, -0.1) is 0 Å². The summed E-state index contributed by atoms with van der Waals surface area (Å²) in [4.78, 5) is 0. The van der Waals surface area contributed by atoms with Gasteiger partial charge in [-0.1, -0.05) is 6.92 Å². The largest absolute Gasteiger partial charge is 0.315 e. The molecule has 2 rings (SSSR count). The molecule has 0 aliphatic carbocycles. The van der Waals surface area contributed by atoms with Crippen molar-refractivity contribution in [3.63, 3.8) is 0 Å². The van der Waals surface area contributed by atoms with E-state index in [4.69, 9.17) is 0 Å². The van der Waals surface area contributed by atoms with Crippen LogP contribution in [0.1, 0.15) is 40.0 Å². The third-order valence-corrected chi connectivity index (χ3v) is 5.86. The second-order valence-electron chi connectivity index (χ2n) is 6.69. The summed E-state index contributed by atoms with van der Waals surface area (Å²) in [6.07, 6.45) is 4.42. The Bertz CT molecular complexity index is 235. The van der Waals surface area contributed by atoms with Gasteiger partial charge in [0.15, 0.2) is 0 Å². The van der Waals surface area contributed by atoms with Crippen molar-refractivity contribution in [1.82, 2.24) is 0 Å². The molecule has 2 aliphatic rings. The smallest absolute Gasteiger partial charge is 0.129 e. The van der Waals surface area contributed by atoms with Crippen molar-refractivity contribution < 1.29 is 8.97 Å². The van der Waals surface area contributed by atoms with Crippen molar-refractivity contribution in [3.05, 3.63) is 0 Å². The number of likely N-dealkylation sites (N-methyl/N-ethyl adjacent to an activating group) is 1. The minimum atomic E-state index is 0.978. The molecule has 0 aromatic rings. The number of rotatable bonds is 2. The van der Waals surface area contributed by atoms with Crippen molar-refractivity contribution in [3.8, 4) is 0 Å². The highest BCUT2D eigenvalue weighted by Crippen LogP contribution is 2.26. The summed E-state index contributed by atoms with van der Waals surface area (Å²) in [6.45, 7) is 18.6. The van der Waals surface area contributed by atoms with Gasteiger partial charge >= 0.3 is 0 Å². The van der Waals surface area contributed by atoms with Gasteiger partial charge in [-0.2, -0.15) is 0 Å². The van der Waals surface area contributed by atoms with Gasteiger partial charge in [0.05, 0.1) is 26.2 Å². The molecule has 2 aliphatic heterocycles. The van der Waals surface area contributed by atoms with Crippen molar-refractivity contribution >= 4 is 0 Å². The molecule has 1 atom stereocenters. The molecular weight excluding hydrogens is 208 g/mol. The summed E-state index contributed by atoms with van der Waals surface area (Å²) >= 11 is 0. The van der Waals surface area contributed by atoms with Gasteiger partial charge in [0, 0.05) is 0 Å². The van der Waals surface area contributed by atoms with E-state index < -0.39 is 0 Å². The molecule has 0 saturated carbocycles. The Morgan fingerprint density at radius 2 is 1.47 bits per heavy atom. The number of hydrogen-bond acceptors (Lipinski definition) is 0. The monoisotopic (exact) mass is 240 g/mol. The maximum absolute atomic E-state index is 2.45. The van der Waals surface area contributed by atoms with Crippen molar-refractivity contribution in [2.45, 2.75) is 40.0 Å². The summed E-state index contributed by atoms with van der Waals surface area (Å²) in [5.74, 6) is 0.978. The molecular formula is C15H32N2+2. The van der Waals surface area contributed by atoms with Crippen molar-refractivity contribution in [2.75, 3.05) is 52.4 Å². The lowest BCUT2D eigenvalue weighted by Gasteiger charge is -2.49. The van der Waals surface area contributed by atoms with Crippen LogP contribution >= 0.6 is 0 Å². The average Bonchev–Trinajstić information content (AvgIpc) is 2.55. The third kappa shape index (κ3) is 2.85. The van der Waals surface area contributed by atoms with Crippen LogP contribution in [0.3, 0.4) is 0 Å². The zero-order valence-electron chi connectivity index (χ0n) is 12.2. The first-order chi connectivity index (χ1) is 8.14. The van der Waals surface area contributed by atoms with E-state index in [0.29, 0.717) is 0 Å². The van der Waals surface area contributed by atoms with Crippen molar-refractivity contribution in [1.29, 1.82) is 0 Å². The minimum absolute atomic E-state index is 0.978. The summed E-state index contributed by atoms with van der Waals surface area (Å²) < 4.78 is 2.85. The zero-order chi connectivity index (χ0) is 12.4. The molecule has 0 radical (unpaired) electrons. The molecule has 0 aromatic heterocycles. The molecule has 0 bridgehead atoms. The first-order valence-corrected chi connectivity index (χ1v) is 7.84. The van der Waals surface area contributed by atoms with E-state index in [1.165, 1.54) is 80.6 Å². The van der Waals surface area contributed by atoms with E-state index in [1.807, 2.05) is 0 Å². The Morgan fingerprint density at radius 1 is 0.824 bits per heavy atom. The average molecular weight is 240 g/mol. The van der Waals surface area contributed by atoms with Gasteiger partial charge in [0.1, 0.15) is 26.2 Å². The van der Waals surface area contributed by atoms with Crippen LogP contribution in [0, 0.1) is 5.92 Å². The maximum Gasteiger partial charge on any atom is 0.129 e. The normalized spacial score (nSPS) is 32.3. The summed E-state index contributed by atoms with van der Waals surface area (Å²) in [6, 6.07) is 0. The molecule has 2 heteroatoms. The van der Waals surface area contributed by atoms with Crippen LogP contribution in [-0.4, -0.2) is 61.3 Å². The first-order valence-electron chi connectivity index (χ1n) is 7.84. The highest BCUT2D eigenvalue weighted by molar-refractivity contribution is 4.62. The third-order valence-electron chi connectivity index (χ3n) is 5.86. The summed E-state index contributed by atoms with van der Waals surface area (Å²) in [5.41, 5.74) is 0. The van der Waals surface area contributed by atoms with Crippen LogP contribution in [0.25, 0.3) is 0 Å². The van der Waals surface area contributed by atoms with E-state index in [9.17, 15) is 0 Å². The minimum Gasteiger partial charge on any atom is -0.315 e. The number of nitrogens with zero attached hydrogens (tertiary/aromatic N) is 2. The fourth-order valence-electron chi connectivity index (χ4n) is 3.90. The van der Waals surface area contributed by atoms with E-state index in [0.717, 1.165) is 5.92 Å². The molecule has 2 saturated heterocycles. The maximum atomic E-state index is 2.45. The Balaban J connectivity index is 1.96. The number of hydrogen-bond donors (Lipinski definition) is 0. The number of piperazine rings is 1. The predicted molar refractivity (Wildman–Crippen MR) is 73.8 cm³/mol. The molecule has 0 N–H and O–H groups in total. The highest BCUT2D eigenvalue weighted by atomic mass is 15.5. The van der Waals surface area contributed by atoms with E-state index >= 15 is 0 Å². The van der Waals surface area contributed by atoms with Gasteiger partial charge in [0.2, 0.25) is 0 Å². The molecule has 1 spiro atoms. The number of quaternary nitrogens is 2. The predicted octanol–water partition coefficient (Wildman–Crippen LogP) is 2.49. The molecule has 100 valence electrons. The van der Waals surface area contributed by atoms with Crippen LogP contribution in [0.2, 0.25) is 0 Å². The molecule has 2 heterocycles. The van der Waals surface area contributed by atoms with Gasteiger partial charge in [-0.05, 0) is 39.0 Å². The lowest BCUT2D eigenvalue weighted by molar-refractivity contribution is -1.03. The lowest BCUT2D eigenvalue weighted by atomic mass is 10.0. The highest BCUT2D eigenvalue weighted by Gasteiger charge is 2.40. The Hall–Kier alpha value is -0.0800. The molecule has 2 fully saturated rings. The second-order valence-corrected chi connectivity index (χ2v) is 6.69. The van der Waals surface area contributed by atoms with Gasteiger partial charge in [0.25, 0.3) is 0 Å². The van der Waals surface area contributed by atoms with Crippen LogP contribution < -0.4 is 0 Å². The first kappa shape index (κ1) is 13.4. The fraction of sp³-hybridized carbons (Fsp3) is 1.00. The summed E-state index contributed by atoms with van der Waals surface area (Å²) in [7, 11) is 0. The van der Waals surface area contributed by atoms with E-state index in [-0.39, 0.29) is 0 Å². The molecule has 2 nitrogen and oxygen atoms in total. The van der Waals surface area contributed by atoms with Crippen LogP contribution in [0.4, 0.5) is 0 Å². The molecule has 0 amide bonds. The topological polar surface area (TPSA) is 0 Å². The van der Waals surface area contributed by atoms with Gasteiger partial charge in [-0.25, -0.2) is 0 Å². The van der Waals surface area contributed by atoms with Gasteiger partial charge < -0.3 is 8.97 Å². The van der Waals surface area contributed by atoms with Crippen LogP contribution in [-0.2, 0) is 0 Å². The SMILES string of the molecule is CC[N+]1(CC)CC[N+]2(CCC[C@@H](C)CC2)CC1. The fourth-order valence-corrected chi connectivity index (χ4v) is 3.90. The standard InChI is InChI=1S/C15H32N2/c1-4-16(5-2)11-13-17(14-12-16)9-6-7-15(3)8-10-17/h15H,4-14H2,1-3H3/q+2/t15-/m1/s1. The molecule has 0 unspecified atom stereocenters. The molecule has 0 aromatic carbocycles. The van der Waals surface area contributed by atoms with Gasteiger partial charge in [-0.3, -0.25) is 0 Å². The van der Waals surface area contributed by atoms with Crippen molar-refractivity contribution in [2.24, 2.45) is 5.92 Å².